The first kappa shape index (κ1) is 14.8. The normalized spacial score (nSPS) is 20.9. The Morgan fingerprint density at radius 1 is 1.58 bits per heavy atom. The Hall–Kier alpha value is -0.630. The highest BCUT2D eigenvalue weighted by Crippen LogP contribution is 2.23. The van der Waals surface area contributed by atoms with Gasteiger partial charge in [-0.2, -0.15) is 9.40 Å². The molecule has 1 aromatic rings. The molecule has 1 aliphatic heterocycles. The Morgan fingerprint density at radius 3 is 2.84 bits per heavy atom. The highest BCUT2D eigenvalue weighted by atomic mass is 35.5. The molecular formula is C11H19ClN4O2S. The van der Waals surface area contributed by atoms with Crippen molar-refractivity contribution in [2.45, 2.75) is 30.3 Å². The van der Waals surface area contributed by atoms with Crippen molar-refractivity contribution in [2.75, 3.05) is 20.1 Å². The molecule has 1 fully saturated rings. The van der Waals surface area contributed by atoms with E-state index in [0.717, 1.165) is 25.8 Å². The van der Waals surface area contributed by atoms with Crippen molar-refractivity contribution in [3.05, 3.63) is 11.2 Å². The minimum atomic E-state index is -3.59. The van der Waals surface area contributed by atoms with Gasteiger partial charge in [0.2, 0.25) is 0 Å². The zero-order valence-electron chi connectivity index (χ0n) is 11.1. The van der Waals surface area contributed by atoms with Gasteiger partial charge in [-0.3, -0.25) is 4.68 Å². The van der Waals surface area contributed by atoms with Crippen molar-refractivity contribution in [2.24, 2.45) is 7.05 Å². The molecule has 2 rings (SSSR count). The van der Waals surface area contributed by atoms with Gasteiger partial charge in [0.15, 0.2) is 5.03 Å². The fourth-order valence-electron chi connectivity index (χ4n) is 2.33. The van der Waals surface area contributed by atoms with Gasteiger partial charge in [0.25, 0.3) is 10.0 Å². The van der Waals surface area contributed by atoms with E-state index in [4.69, 9.17) is 11.6 Å². The molecule has 19 heavy (non-hydrogen) atoms. The third-order valence-electron chi connectivity index (χ3n) is 3.39. The molecule has 1 aliphatic rings. The van der Waals surface area contributed by atoms with Gasteiger partial charge < -0.3 is 5.32 Å². The van der Waals surface area contributed by atoms with E-state index < -0.39 is 10.0 Å². The summed E-state index contributed by atoms with van der Waals surface area (Å²) in [7, 11) is -0.441. The van der Waals surface area contributed by atoms with Crippen LogP contribution in [0, 0.1) is 0 Å². The van der Waals surface area contributed by atoms with Gasteiger partial charge in [0.05, 0.1) is 11.2 Å². The number of hydrogen-bond acceptors (Lipinski definition) is 4. The highest BCUT2D eigenvalue weighted by Gasteiger charge is 2.29. The van der Waals surface area contributed by atoms with Gasteiger partial charge in [-0.15, -0.1) is 0 Å². The lowest BCUT2D eigenvalue weighted by atomic mass is 10.1. The second-order valence-corrected chi connectivity index (χ2v) is 7.22. The molecule has 8 heteroatoms. The van der Waals surface area contributed by atoms with Crippen LogP contribution in [0.1, 0.15) is 19.3 Å². The van der Waals surface area contributed by atoms with Crippen LogP contribution in [0.4, 0.5) is 0 Å². The predicted octanol–water partition coefficient (Wildman–Crippen LogP) is 0.836. The molecule has 0 aromatic carbocycles. The van der Waals surface area contributed by atoms with E-state index >= 15 is 0 Å². The van der Waals surface area contributed by atoms with E-state index in [9.17, 15) is 8.42 Å². The maximum Gasteiger partial charge on any atom is 0.261 e. The lowest BCUT2D eigenvalue weighted by Crippen LogP contribution is -2.44. The summed E-state index contributed by atoms with van der Waals surface area (Å²) in [6.07, 6.45) is 4.64. The highest BCUT2D eigenvalue weighted by molar-refractivity contribution is 7.89. The number of hydrogen-bond donors (Lipinski definition) is 1. The second-order valence-electron chi connectivity index (χ2n) is 4.85. The van der Waals surface area contributed by atoms with Crippen LogP contribution in [0.3, 0.4) is 0 Å². The first-order valence-electron chi connectivity index (χ1n) is 6.30. The molecule has 0 bridgehead atoms. The van der Waals surface area contributed by atoms with E-state index in [1.165, 1.54) is 15.2 Å². The number of nitrogens with one attached hydrogen (secondary N) is 1. The fraction of sp³-hybridized carbons (Fsp3) is 0.727. The first-order chi connectivity index (χ1) is 8.93. The molecule has 0 saturated carbocycles. The summed E-state index contributed by atoms with van der Waals surface area (Å²) in [5.74, 6) is 0. The molecule has 1 aromatic heterocycles. The lowest BCUT2D eigenvalue weighted by Gasteiger charge is -2.27. The number of rotatable bonds is 4. The molecule has 0 aliphatic carbocycles. The first-order valence-corrected chi connectivity index (χ1v) is 8.12. The number of aromatic nitrogens is 2. The largest absolute Gasteiger partial charge is 0.313 e. The zero-order valence-corrected chi connectivity index (χ0v) is 12.7. The minimum absolute atomic E-state index is 0.0486. The Bertz CT molecular complexity index is 517. The van der Waals surface area contributed by atoms with Crippen molar-refractivity contribution in [3.8, 4) is 0 Å². The van der Waals surface area contributed by atoms with Crippen LogP contribution in [0.15, 0.2) is 11.2 Å². The number of aryl methyl sites for hydroxylation is 1. The molecule has 0 radical (unpaired) electrons. The Morgan fingerprint density at radius 2 is 2.32 bits per heavy atom. The van der Waals surface area contributed by atoms with E-state index in [2.05, 4.69) is 10.4 Å². The average Bonchev–Trinajstić information content (AvgIpc) is 2.70. The lowest BCUT2D eigenvalue weighted by molar-refractivity contribution is 0.336. The predicted molar refractivity (Wildman–Crippen MR) is 73.7 cm³/mol. The number of likely N-dealkylation sites (N-methyl/N-ethyl adjacent to an activating group) is 1. The molecule has 1 saturated heterocycles. The van der Waals surface area contributed by atoms with E-state index in [1.807, 2.05) is 0 Å². The standard InChI is InChI=1S/C11H19ClN4O2S/c1-15(8-9-5-3-4-6-13-9)19(17,18)11-10(12)7-14-16(11)2/h7,9,13H,3-6,8H2,1-2H3. The summed E-state index contributed by atoms with van der Waals surface area (Å²) in [6.45, 7) is 1.40. The summed E-state index contributed by atoms with van der Waals surface area (Å²) in [5, 5.41) is 7.42. The summed E-state index contributed by atoms with van der Waals surface area (Å²) in [5.41, 5.74) is 0. The summed E-state index contributed by atoms with van der Waals surface area (Å²) in [6, 6.07) is 0.209. The number of sulfonamides is 1. The number of halogens is 1. The monoisotopic (exact) mass is 306 g/mol. The molecular weight excluding hydrogens is 288 g/mol. The van der Waals surface area contributed by atoms with Crippen LogP contribution < -0.4 is 5.32 Å². The summed E-state index contributed by atoms with van der Waals surface area (Å²) in [4.78, 5) is 0. The quantitative estimate of drug-likeness (QED) is 0.895. The van der Waals surface area contributed by atoms with Gasteiger partial charge in [-0.1, -0.05) is 18.0 Å². The molecule has 2 heterocycles. The molecule has 6 nitrogen and oxygen atoms in total. The Balaban J connectivity index is 2.15. The van der Waals surface area contributed by atoms with Crippen molar-refractivity contribution in [3.63, 3.8) is 0 Å². The van der Waals surface area contributed by atoms with Gasteiger partial charge in [-0.25, -0.2) is 8.42 Å². The van der Waals surface area contributed by atoms with E-state index in [-0.39, 0.29) is 16.1 Å². The van der Waals surface area contributed by atoms with Crippen molar-refractivity contribution in [1.29, 1.82) is 0 Å². The van der Waals surface area contributed by atoms with Crippen LogP contribution in [-0.4, -0.2) is 48.7 Å². The summed E-state index contributed by atoms with van der Waals surface area (Å²) < 4.78 is 27.6. The van der Waals surface area contributed by atoms with Crippen molar-refractivity contribution >= 4 is 21.6 Å². The molecule has 1 N–H and O–H groups in total. The third kappa shape index (κ3) is 3.10. The van der Waals surface area contributed by atoms with Crippen LogP contribution in [0.25, 0.3) is 0 Å². The van der Waals surface area contributed by atoms with Crippen LogP contribution in [0.2, 0.25) is 5.02 Å². The van der Waals surface area contributed by atoms with Gasteiger partial charge in [-0.05, 0) is 19.4 Å². The summed E-state index contributed by atoms with van der Waals surface area (Å²) >= 11 is 5.91. The molecule has 1 unspecified atom stereocenters. The molecule has 0 amide bonds. The fourth-order valence-corrected chi connectivity index (χ4v) is 4.14. The van der Waals surface area contributed by atoms with Crippen LogP contribution in [-0.2, 0) is 17.1 Å². The zero-order chi connectivity index (χ0) is 14.0. The van der Waals surface area contributed by atoms with Crippen LogP contribution in [0.5, 0.6) is 0 Å². The third-order valence-corrected chi connectivity index (χ3v) is 5.72. The number of piperidine rings is 1. The van der Waals surface area contributed by atoms with Crippen LogP contribution >= 0.6 is 11.6 Å². The smallest absolute Gasteiger partial charge is 0.261 e. The van der Waals surface area contributed by atoms with Crippen molar-refractivity contribution in [1.82, 2.24) is 19.4 Å². The Kier molecular flexibility index (Phi) is 4.50. The van der Waals surface area contributed by atoms with E-state index in [0.29, 0.717) is 6.54 Å². The maximum atomic E-state index is 12.5. The minimum Gasteiger partial charge on any atom is -0.313 e. The molecule has 0 spiro atoms. The second kappa shape index (κ2) is 5.78. The van der Waals surface area contributed by atoms with Gasteiger partial charge >= 0.3 is 0 Å². The van der Waals surface area contributed by atoms with E-state index in [1.54, 1.807) is 14.1 Å². The SMILES string of the molecule is CN(CC1CCCCN1)S(=O)(=O)c1c(Cl)cnn1C. The molecule has 108 valence electrons. The molecule has 1 atom stereocenters. The average molecular weight is 307 g/mol. The Labute approximate surface area is 118 Å². The number of nitrogens with zero attached hydrogens (tertiary/aromatic N) is 3. The van der Waals surface area contributed by atoms with Gasteiger partial charge in [0.1, 0.15) is 0 Å². The maximum absolute atomic E-state index is 12.5. The van der Waals surface area contributed by atoms with Crippen molar-refractivity contribution < 1.29 is 8.42 Å². The topological polar surface area (TPSA) is 67.2 Å². The van der Waals surface area contributed by atoms with Gasteiger partial charge in [0, 0.05) is 26.7 Å².